The summed E-state index contributed by atoms with van der Waals surface area (Å²) in [5, 5.41) is 5.83. The molecule has 2 rings (SSSR count). The summed E-state index contributed by atoms with van der Waals surface area (Å²) < 4.78 is 26.8. The molecule has 4 nitrogen and oxygen atoms in total. The van der Waals surface area contributed by atoms with Crippen LogP contribution in [-0.2, 0) is 0 Å². The summed E-state index contributed by atoms with van der Waals surface area (Å²) in [6, 6.07) is 5.88. The number of rotatable bonds is 5. The van der Waals surface area contributed by atoms with E-state index in [0.29, 0.717) is 18.1 Å². The molecule has 1 heterocycles. The van der Waals surface area contributed by atoms with Crippen LogP contribution in [0.5, 0.6) is 0 Å². The standard InChI is InChI=1S/C14H16F2N4/c1-3-17-14-18-8-12(16)13(20-14)19-9(2)10-5-4-6-11(15)7-10/h4-9H,3H2,1-2H3,(H2,17,18,19,20). The van der Waals surface area contributed by atoms with Gasteiger partial charge in [-0.25, -0.2) is 13.8 Å². The van der Waals surface area contributed by atoms with Gasteiger partial charge < -0.3 is 10.6 Å². The van der Waals surface area contributed by atoms with E-state index in [0.717, 1.165) is 6.20 Å². The predicted molar refractivity (Wildman–Crippen MR) is 74.6 cm³/mol. The summed E-state index contributed by atoms with van der Waals surface area (Å²) in [4.78, 5) is 7.87. The fraction of sp³-hybridized carbons (Fsp3) is 0.286. The topological polar surface area (TPSA) is 49.8 Å². The van der Waals surface area contributed by atoms with E-state index in [4.69, 9.17) is 0 Å². The number of hydrogen-bond donors (Lipinski definition) is 2. The molecule has 1 atom stereocenters. The Hall–Kier alpha value is -2.24. The Morgan fingerprint density at radius 3 is 2.80 bits per heavy atom. The average molecular weight is 278 g/mol. The molecule has 0 saturated heterocycles. The van der Waals surface area contributed by atoms with Crippen molar-refractivity contribution in [3.8, 4) is 0 Å². The van der Waals surface area contributed by atoms with Gasteiger partial charge in [0.2, 0.25) is 5.95 Å². The zero-order valence-corrected chi connectivity index (χ0v) is 11.3. The normalized spacial score (nSPS) is 12.0. The number of benzene rings is 1. The summed E-state index contributed by atoms with van der Waals surface area (Å²) >= 11 is 0. The molecule has 0 amide bonds. The predicted octanol–water partition coefficient (Wildman–Crippen LogP) is 3.36. The lowest BCUT2D eigenvalue weighted by Crippen LogP contribution is -2.12. The zero-order chi connectivity index (χ0) is 14.5. The number of nitrogens with zero attached hydrogens (tertiary/aromatic N) is 2. The van der Waals surface area contributed by atoms with Crippen molar-refractivity contribution < 1.29 is 8.78 Å². The van der Waals surface area contributed by atoms with Crippen molar-refractivity contribution in [3.05, 3.63) is 47.7 Å². The summed E-state index contributed by atoms with van der Waals surface area (Å²) in [6.07, 6.45) is 1.10. The van der Waals surface area contributed by atoms with Crippen LogP contribution >= 0.6 is 0 Å². The van der Waals surface area contributed by atoms with E-state index in [1.165, 1.54) is 12.1 Å². The van der Waals surface area contributed by atoms with Crippen LogP contribution in [0.2, 0.25) is 0 Å². The van der Waals surface area contributed by atoms with E-state index >= 15 is 0 Å². The van der Waals surface area contributed by atoms with Gasteiger partial charge in [-0.2, -0.15) is 4.98 Å². The number of nitrogens with one attached hydrogen (secondary N) is 2. The first-order chi connectivity index (χ1) is 9.60. The maximum absolute atomic E-state index is 13.7. The fourth-order valence-corrected chi connectivity index (χ4v) is 1.78. The Balaban J connectivity index is 2.18. The van der Waals surface area contributed by atoms with E-state index in [-0.39, 0.29) is 17.7 Å². The van der Waals surface area contributed by atoms with Gasteiger partial charge in [-0.1, -0.05) is 12.1 Å². The van der Waals surface area contributed by atoms with Gasteiger partial charge in [0.25, 0.3) is 0 Å². The Morgan fingerprint density at radius 1 is 1.30 bits per heavy atom. The lowest BCUT2D eigenvalue weighted by molar-refractivity contribution is 0.612. The van der Waals surface area contributed by atoms with Gasteiger partial charge in [0.15, 0.2) is 11.6 Å². The van der Waals surface area contributed by atoms with Crippen LogP contribution in [0.1, 0.15) is 25.5 Å². The van der Waals surface area contributed by atoms with Crippen molar-refractivity contribution in [2.24, 2.45) is 0 Å². The van der Waals surface area contributed by atoms with Crippen LogP contribution in [0.25, 0.3) is 0 Å². The molecule has 0 aliphatic heterocycles. The summed E-state index contributed by atoms with van der Waals surface area (Å²) in [6.45, 7) is 4.35. The van der Waals surface area contributed by atoms with Gasteiger partial charge in [0.05, 0.1) is 12.2 Å². The van der Waals surface area contributed by atoms with Crippen molar-refractivity contribution in [2.45, 2.75) is 19.9 Å². The second kappa shape index (κ2) is 6.27. The van der Waals surface area contributed by atoms with Gasteiger partial charge in [-0.3, -0.25) is 0 Å². The Kier molecular flexibility index (Phi) is 4.45. The highest BCUT2D eigenvalue weighted by molar-refractivity contribution is 5.43. The summed E-state index contributed by atoms with van der Waals surface area (Å²) in [5.74, 6) is -0.432. The van der Waals surface area contributed by atoms with E-state index in [1.54, 1.807) is 12.1 Å². The molecule has 0 radical (unpaired) electrons. The van der Waals surface area contributed by atoms with E-state index < -0.39 is 5.82 Å². The Labute approximate surface area is 116 Å². The highest BCUT2D eigenvalue weighted by Crippen LogP contribution is 2.21. The van der Waals surface area contributed by atoms with E-state index in [1.807, 2.05) is 13.8 Å². The van der Waals surface area contributed by atoms with Gasteiger partial charge in [0, 0.05) is 6.54 Å². The lowest BCUT2D eigenvalue weighted by Gasteiger charge is -2.16. The third-order valence-electron chi connectivity index (χ3n) is 2.78. The van der Waals surface area contributed by atoms with Crippen LogP contribution in [0.15, 0.2) is 30.5 Å². The van der Waals surface area contributed by atoms with E-state index in [2.05, 4.69) is 20.6 Å². The highest BCUT2D eigenvalue weighted by atomic mass is 19.1. The maximum Gasteiger partial charge on any atom is 0.224 e. The molecule has 0 saturated carbocycles. The molecule has 0 spiro atoms. The molecule has 2 N–H and O–H groups in total. The number of aromatic nitrogens is 2. The smallest absolute Gasteiger partial charge is 0.224 e. The molecule has 20 heavy (non-hydrogen) atoms. The van der Waals surface area contributed by atoms with Gasteiger partial charge in [-0.05, 0) is 31.5 Å². The molecular weight excluding hydrogens is 262 g/mol. The molecule has 0 bridgehead atoms. The minimum Gasteiger partial charge on any atom is -0.361 e. The number of halogens is 2. The van der Waals surface area contributed by atoms with Crippen molar-refractivity contribution in [2.75, 3.05) is 17.2 Å². The quantitative estimate of drug-likeness (QED) is 0.880. The van der Waals surface area contributed by atoms with Gasteiger partial charge in [-0.15, -0.1) is 0 Å². The minimum atomic E-state index is -0.546. The largest absolute Gasteiger partial charge is 0.361 e. The number of anilines is 2. The monoisotopic (exact) mass is 278 g/mol. The fourth-order valence-electron chi connectivity index (χ4n) is 1.78. The van der Waals surface area contributed by atoms with Crippen LogP contribution in [0.4, 0.5) is 20.5 Å². The van der Waals surface area contributed by atoms with Crippen molar-refractivity contribution in [1.29, 1.82) is 0 Å². The van der Waals surface area contributed by atoms with Crippen molar-refractivity contribution in [3.63, 3.8) is 0 Å². The van der Waals surface area contributed by atoms with Crippen molar-refractivity contribution >= 4 is 11.8 Å². The van der Waals surface area contributed by atoms with Crippen LogP contribution in [-0.4, -0.2) is 16.5 Å². The average Bonchev–Trinajstić information content (AvgIpc) is 2.43. The first-order valence-electron chi connectivity index (χ1n) is 6.38. The molecule has 6 heteroatoms. The Morgan fingerprint density at radius 2 is 2.10 bits per heavy atom. The molecular formula is C14H16F2N4. The lowest BCUT2D eigenvalue weighted by atomic mass is 10.1. The SMILES string of the molecule is CCNc1ncc(F)c(NC(C)c2cccc(F)c2)n1. The Bertz CT molecular complexity index is 589. The van der Waals surface area contributed by atoms with Gasteiger partial charge in [0.1, 0.15) is 5.82 Å². The molecule has 1 aromatic carbocycles. The molecule has 1 aromatic heterocycles. The molecule has 0 aliphatic rings. The van der Waals surface area contributed by atoms with Crippen LogP contribution in [0, 0.1) is 11.6 Å². The molecule has 0 aliphatic carbocycles. The third kappa shape index (κ3) is 3.40. The molecule has 1 unspecified atom stereocenters. The van der Waals surface area contributed by atoms with Crippen LogP contribution < -0.4 is 10.6 Å². The minimum absolute atomic E-state index is 0.0905. The molecule has 0 fully saturated rings. The third-order valence-corrected chi connectivity index (χ3v) is 2.78. The maximum atomic E-state index is 13.7. The first-order valence-corrected chi connectivity index (χ1v) is 6.38. The second-order valence-electron chi connectivity index (χ2n) is 4.34. The first kappa shape index (κ1) is 14.2. The highest BCUT2D eigenvalue weighted by Gasteiger charge is 2.11. The summed E-state index contributed by atoms with van der Waals surface area (Å²) in [7, 11) is 0. The van der Waals surface area contributed by atoms with Crippen LogP contribution in [0.3, 0.4) is 0 Å². The number of hydrogen-bond acceptors (Lipinski definition) is 4. The van der Waals surface area contributed by atoms with Crippen molar-refractivity contribution in [1.82, 2.24) is 9.97 Å². The van der Waals surface area contributed by atoms with Gasteiger partial charge >= 0.3 is 0 Å². The molecule has 2 aromatic rings. The summed E-state index contributed by atoms with van der Waals surface area (Å²) in [5.41, 5.74) is 0.716. The molecule has 106 valence electrons. The zero-order valence-electron chi connectivity index (χ0n) is 11.3. The van der Waals surface area contributed by atoms with E-state index in [9.17, 15) is 8.78 Å². The second-order valence-corrected chi connectivity index (χ2v) is 4.34.